The number of pyridine rings is 1. The molecule has 0 bridgehead atoms. The van der Waals surface area contributed by atoms with E-state index < -0.39 is 16.1 Å². The Morgan fingerprint density at radius 3 is 2.50 bits per heavy atom. The van der Waals surface area contributed by atoms with Crippen LogP contribution in [0, 0.1) is 6.92 Å². The number of carbonyl (C=O) groups is 1. The van der Waals surface area contributed by atoms with Crippen molar-refractivity contribution < 1.29 is 22.1 Å². The Kier molecular flexibility index (Phi) is 7.37. The molecule has 0 amide bonds. The summed E-state index contributed by atoms with van der Waals surface area (Å²) in [5.74, 6) is -0.472. The molecule has 4 rings (SSSR count). The molecule has 4 aromatic rings. The largest absolute Gasteiger partial charge is 0.465 e. The van der Waals surface area contributed by atoms with E-state index in [1.54, 1.807) is 54.7 Å². The lowest BCUT2D eigenvalue weighted by Crippen LogP contribution is -2.23. The highest BCUT2D eigenvalue weighted by Gasteiger charge is 2.16. The van der Waals surface area contributed by atoms with Crippen molar-refractivity contribution >= 4 is 16.1 Å². The van der Waals surface area contributed by atoms with Gasteiger partial charge in [0.25, 0.3) is 15.7 Å². The van der Waals surface area contributed by atoms with Gasteiger partial charge in [-0.1, -0.05) is 29.8 Å². The molecule has 0 atom stereocenters. The molecule has 0 saturated heterocycles. The number of aromatic nitrogens is 3. The van der Waals surface area contributed by atoms with Crippen molar-refractivity contribution in [3.63, 3.8) is 0 Å². The van der Waals surface area contributed by atoms with Gasteiger partial charge in [0.1, 0.15) is 0 Å². The van der Waals surface area contributed by atoms with Gasteiger partial charge in [0.15, 0.2) is 0 Å². The Morgan fingerprint density at radius 1 is 0.972 bits per heavy atom. The zero-order valence-corrected chi connectivity index (χ0v) is 20.4. The van der Waals surface area contributed by atoms with E-state index in [0.717, 1.165) is 5.56 Å². The highest BCUT2D eigenvalue weighted by Crippen LogP contribution is 2.19. The van der Waals surface area contributed by atoms with Crippen molar-refractivity contribution in [1.29, 1.82) is 0 Å². The van der Waals surface area contributed by atoms with Gasteiger partial charge in [0.05, 0.1) is 36.4 Å². The Labute approximate surface area is 208 Å². The first-order valence-corrected chi connectivity index (χ1v) is 12.3. The molecule has 2 heterocycles. The predicted octanol–water partition coefficient (Wildman–Crippen LogP) is 3.35. The lowest BCUT2D eigenvalue weighted by Gasteiger charge is -2.10. The van der Waals surface area contributed by atoms with Crippen molar-refractivity contribution in [2.24, 2.45) is 0 Å². The van der Waals surface area contributed by atoms with Crippen molar-refractivity contribution in [3.8, 4) is 11.3 Å². The average Bonchev–Trinajstić information content (AvgIpc) is 2.89. The number of rotatable bonds is 8. The van der Waals surface area contributed by atoms with Crippen molar-refractivity contribution in [2.45, 2.75) is 25.0 Å². The molecule has 0 N–H and O–H groups in total. The van der Waals surface area contributed by atoms with Crippen LogP contribution in [0.4, 0.5) is 0 Å². The zero-order valence-electron chi connectivity index (χ0n) is 19.6. The molecule has 0 radical (unpaired) electrons. The minimum absolute atomic E-state index is 0.0715. The number of ether oxygens (including phenoxy) is 1. The number of nitrogens with zero attached hydrogens (tertiary/aromatic N) is 3. The fourth-order valence-electron chi connectivity index (χ4n) is 3.43. The maximum absolute atomic E-state index is 12.5. The van der Waals surface area contributed by atoms with E-state index in [1.165, 1.54) is 36.2 Å². The number of esters is 1. The maximum Gasteiger partial charge on any atom is 0.337 e. The second-order valence-corrected chi connectivity index (χ2v) is 9.63. The number of hydrogen-bond donors (Lipinski definition) is 0. The highest BCUT2D eigenvalue weighted by atomic mass is 32.2. The summed E-state index contributed by atoms with van der Waals surface area (Å²) in [6, 6.07) is 17.8. The first-order valence-electron chi connectivity index (χ1n) is 10.9. The fraction of sp³-hybridized carbons (Fsp3) is 0.154. The van der Waals surface area contributed by atoms with Crippen molar-refractivity contribution in [1.82, 2.24) is 14.8 Å². The molecule has 0 saturated carbocycles. The highest BCUT2D eigenvalue weighted by molar-refractivity contribution is 7.86. The van der Waals surface area contributed by atoms with Crippen molar-refractivity contribution in [2.75, 3.05) is 7.11 Å². The van der Waals surface area contributed by atoms with Gasteiger partial charge in [-0.3, -0.25) is 14.0 Å². The summed E-state index contributed by atoms with van der Waals surface area (Å²) < 4.78 is 36.2. The van der Waals surface area contributed by atoms with Gasteiger partial charge in [0, 0.05) is 24.0 Å². The average molecular weight is 506 g/mol. The van der Waals surface area contributed by atoms with Crippen LogP contribution >= 0.6 is 0 Å². The topological polar surface area (TPSA) is 117 Å². The minimum atomic E-state index is -3.93. The third-order valence-corrected chi connectivity index (χ3v) is 6.61. The molecule has 9 nitrogen and oxygen atoms in total. The smallest absolute Gasteiger partial charge is 0.337 e. The van der Waals surface area contributed by atoms with Crippen LogP contribution < -0.4 is 5.56 Å². The lowest BCUT2D eigenvalue weighted by molar-refractivity contribution is 0.0600. The Hall–Kier alpha value is -4.15. The van der Waals surface area contributed by atoms with Gasteiger partial charge in [-0.15, -0.1) is 0 Å². The number of carbonyl (C=O) groups excluding carboxylic acids is 1. The molecule has 0 aliphatic rings. The van der Waals surface area contributed by atoms with Crippen molar-refractivity contribution in [3.05, 3.63) is 112 Å². The van der Waals surface area contributed by atoms with E-state index in [-0.39, 0.29) is 23.6 Å². The van der Waals surface area contributed by atoms with Gasteiger partial charge in [-0.25, -0.2) is 9.48 Å². The van der Waals surface area contributed by atoms with E-state index in [1.807, 2.05) is 6.92 Å². The molecular weight excluding hydrogens is 482 g/mol. The van der Waals surface area contributed by atoms with Gasteiger partial charge < -0.3 is 4.74 Å². The van der Waals surface area contributed by atoms with E-state index in [2.05, 4.69) is 10.1 Å². The number of benzene rings is 2. The second kappa shape index (κ2) is 10.6. The maximum atomic E-state index is 12.5. The van der Waals surface area contributed by atoms with Gasteiger partial charge >= 0.3 is 5.97 Å². The van der Waals surface area contributed by atoms with Crippen LogP contribution in [-0.2, 0) is 32.2 Å². The summed E-state index contributed by atoms with van der Waals surface area (Å²) in [6.45, 7) is 1.80. The molecule has 0 spiro atoms. The number of aryl methyl sites for hydroxylation is 1. The summed E-state index contributed by atoms with van der Waals surface area (Å²) in [6.07, 6.45) is 3.06. The molecule has 10 heteroatoms. The first kappa shape index (κ1) is 25.0. The first-order chi connectivity index (χ1) is 17.2. The molecule has 2 aromatic carbocycles. The Balaban J connectivity index is 1.53. The molecule has 0 aliphatic carbocycles. The molecule has 0 aliphatic heterocycles. The van der Waals surface area contributed by atoms with E-state index in [0.29, 0.717) is 27.9 Å². The molecule has 0 unspecified atom stereocenters. The molecule has 2 aromatic heterocycles. The van der Waals surface area contributed by atoms with Crippen LogP contribution in [-0.4, -0.2) is 36.3 Å². The van der Waals surface area contributed by atoms with E-state index in [9.17, 15) is 18.0 Å². The van der Waals surface area contributed by atoms with Gasteiger partial charge in [0.2, 0.25) is 0 Å². The Morgan fingerprint density at radius 2 is 1.75 bits per heavy atom. The standard InChI is InChI=1S/C26H23N3O6S/c1-18-6-8-23(9-7-18)36(32,33)35-17-20-13-22(15-27-14-20)24-10-11-25(30)29(28-24)16-19-4-3-5-21(12-19)26(31)34-2/h3-15H,16-17H2,1-2H3. The fourth-order valence-corrected chi connectivity index (χ4v) is 4.33. The second-order valence-electron chi connectivity index (χ2n) is 8.02. The third kappa shape index (κ3) is 5.91. The van der Waals surface area contributed by atoms with Gasteiger partial charge in [-0.05, 0) is 54.4 Å². The van der Waals surface area contributed by atoms with Crippen LogP contribution in [0.15, 0.2) is 88.8 Å². The van der Waals surface area contributed by atoms with Crippen LogP contribution in [0.25, 0.3) is 11.3 Å². The van der Waals surface area contributed by atoms with E-state index in [4.69, 9.17) is 8.92 Å². The summed E-state index contributed by atoms with van der Waals surface area (Å²) in [7, 11) is -2.63. The SMILES string of the molecule is COC(=O)c1cccc(Cn2nc(-c3cncc(COS(=O)(=O)c4ccc(C)cc4)c3)ccc2=O)c1. The predicted molar refractivity (Wildman–Crippen MR) is 132 cm³/mol. The third-order valence-electron chi connectivity index (χ3n) is 5.33. The van der Waals surface area contributed by atoms with Crippen LogP contribution in [0.1, 0.15) is 27.0 Å². The summed E-state index contributed by atoms with van der Waals surface area (Å²) in [5, 5.41) is 4.43. The van der Waals surface area contributed by atoms with Gasteiger partial charge in [-0.2, -0.15) is 13.5 Å². The zero-order chi connectivity index (χ0) is 25.7. The lowest BCUT2D eigenvalue weighted by atomic mass is 10.1. The van der Waals surface area contributed by atoms with E-state index >= 15 is 0 Å². The number of hydrogen-bond acceptors (Lipinski definition) is 8. The monoisotopic (exact) mass is 505 g/mol. The quantitative estimate of drug-likeness (QED) is 0.264. The molecule has 0 fully saturated rings. The normalized spacial score (nSPS) is 11.3. The summed E-state index contributed by atoms with van der Waals surface area (Å²) >= 11 is 0. The van der Waals surface area contributed by atoms with Crippen LogP contribution in [0.3, 0.4) is 0 Å². The summed E-state index contributed by atoms with van der Waals surface area (Å²) in [4.78, 5) is 28.5. The minimum Gasteiger partial charge on any atom is -0.465 e. The summed E-state index contributed by atoms with van der Waals surface area (Å²) in [5.41, 5.74) is 3.27. The molecular formula is C26H23N3O6S. The number of methoxy groups -OCH3 is 1. The van der Waals surface area contributed by atoms with Crippen LogP contribution in [0.5, 0.6) is 0 Å². The molecule has 184 valence electrons. The Bertz CT molecular complexity index is 1560. The van der Waals surface area contributed by atoms with Crippen LogP contribution in [0.2, 0.25) is 0 Å². The molecule has 36 heavy (non-hydrogen) atoms.